The monoisotopic (exact) mass is 337 g/mol. The van der Waals surface area contributed by atoms with Gasteiger partial charge in [0.25, 0.3) is 5.91 Å². The molecule has 0 spiro atoms. The second-order valence-corrected chi connectivity index (χ2v) is 6.04. The summed E-state index contributed by atoms with van der Waals surface area (Å²) in [6, 6.07) is -0.473. The molecule has 0 unspecified atom stereocenters. The van der Waals surface area contributed by atoms with Gasteiger partial charge in [-0.1, -0.05) is 24.4 Å². The van der Waals surface area contributed by atoms with Gasteiger partial charge in [0.1, 0.15) is 11.3 Å². The Hall–Kier alpha value is -2.38. The van der Waals surface area contributed by atoms with Crippen LogP contribution in [0.25, 0.3) is 0 Å². The van der Waals surface area contributed by atoms with Crippen LogP contribution in [0.15, 0.2) is 4.52 Å². The molecule has 1 saturated carbocycles. The summed E-state index contributed by atoms with van der Waals surface area (Å²) < 4.78 is 9.97. The molecule has 0 saturated heterocycles. The van der Waals surface area contributed by atoms with Gasteiger partial charge in [-0.2, -0.15) is 0 Å². The Morgan fingerprint density at radius 3 is 2.46 bits per heavy atom. The van der Waals surface area contributed by atoms with Gasteiger partial charge < -0.3 is 14.6 Å². The van der Waals surface area contributed by atoms with E-state index in [2.05, 4.69) is 15.8 Å². The predicted molar refractivity (Wildman–Crippen MR) is 84.4 cm³/mol. The van der Waals surface area contributed by atoms with Gasteiger partial charge in [-0.25, -0.2) is 9.59 Å². The van der Waals surface area contributed by atoms with E-state index in [1.165, 1.54) is 13.3 Å². The van der Waals surface area contributed by atoms with E-state index in [1.54, 1.807) is 13.8 Å². The number of esters is 1. The van der Waals surface area contributed by atoms with Crippen LogP contribution in [0.4, 0.5) is 4.79 Å². The highest BCUT2D eigenvalue weighted by Crippen LogP contribution is 2.17. The Balaban J connectivity index is 1.83. The van der Waals surface area contributed by atoms with E-state index in [0.29, 0.717) is 11.5 Å². The number of rotatable bonds is 4. The fourth-order valence-corrected chi connectivity index (χ4v) is 2.73. The zero-order valence-electron chi connectivity index (χ0n) is 14.2. The van der Waals surface area contributed by atoms with Crippen LogP contribution >= 0.6 is 0 Å². The number of carbonyl (C=O) groups is 3. The molecule has 1 aliphatic carbocycles. The maximum absolute atomic E-state index is 12.1. The van der Waals surface area contributed by atoms with Crippen LogP contribution in [-0.4, -0.2) is 35.2 Å². The van der Waals surface area contributed by atoms with Crippen molar-refractivity contribution in [2.75, 3.05) is 0 Å². The lowest BCUT2D eigenvalue weighted by Gasteiger charge is -2.23. The van der Waals surface area contributed by atoms with Crippen molar-refractivity contribution in [1.82, 2.24) is 15.8 Å². The molecular weight excluding hydrogens is 314 g/mol. The summed E-state index contributed by atoms with van der Waals surface area (Å²) in [4.78, 5) is 35.9. The number of amides is 3. The molecule has 24 heavy (non-hydrogen) atoms. The summed E-state index contributed by atoms with van der Waals surface area (Å²) >= 11 is 0. The summed E-state index contributed by atoms with van der Waals surface area (Å²) in [5.74, 6) is -1.06. The third kappa shape index (κ3) is 4.56. The Morgan fingerprint density at radius 1 is 1.21 bits per heavy atom. The lowest BCUT2D eigenvalue weighted by molar-refractivity contribution is -0.127. The van der Waals surface area contributed by atoms with Crippen molar-refractivity contribution in [3.8, 4) is 0 Å². The molecule has 1 aromatic heterocycles. The first-order valence-electron chi connectivity index (χ1n) is 8.13. The van der Waals surface area contributed by atoms with Crippen LogP contribution in [0, 0.1) is 13.8 Å². The van der Waals surface area contributed by atoms with Crippen molar-refractivity contribution in [2.24, 2.45) is 0 Å². The minimum absolute atomic E-state index is 0.0895. The summed E-state index contributed by atoms with van der Waals surface area (Å²) in [6.45, 7) is 4.59. The zero-order chi connectivity index (χ0) is 17.7. The Bertz CT molecular complexity index is 600. The summed E-state index contributed by atoms with van der Waals surface area (Å²) in [5, 5.41) is 8.63. The highest BCUT2D eigenvalue weighted by atomic mass is 16.5. The topological polar surface area (TPSA) is 111 Å². The van der Waals surface area contributed by atoms with Crippen LogP contribution in [0.5, 0.6) is 0 Å². The molecule has 1 fully saturated rings. The lowest BCUT2D eigenvalue weighted by Crippen LogP contribution is -2.48. The molecule has 0 aliphatic heterocycles. The second-order valence-electron chi connectivity index (χ2n) is 6.04. The SMILES string of the molecule is Cc1noc(C)c1C(=O)O[C@@H](C)C(=O)NC(=O)NC1CCCCC1. The van der Waals surface area contributed by atoms with Gasteiger partial charge in [-0.05, 0) is 33.6 Å². The molecule has 132 valence electrons. The molecule has 0 radical (unpaired) electrons. The number of nitrogens with zero attached hydrogens (tertiary/aromatic N) is 1. The third-order valence-corrected chi connectivity index (χ3v) is 4.07. The summed E-state index contributed by atoms with van der Waals surface area (Å²) in [5.41, 5.74) is 0.585. The molecule has 0 aromatic carbocycles. The number of aryl methyl sites for hydroxylation is 2. The van der Waals surface area contributed by atoms with Crippen molar-refractivity contribution < 1.29 is 23.6 Å². The van der Waals surface area contributed by atoms with Crippen LogP contribution in [0.2, 0.25) is 0 Å². The van der Waals surface area contributed by atoms with Crippen LogP contribution in [0.1, 0.15) is 60.8 Å². The van der Waals surface area contributed by atoms with Gasteiger partial charge in [0.05, 0.1) is 5.69 Å². The van der Waals surface area contributed by atoms with Crippen molar-refractivity contribution >= 4 is 17.9 Å². The predicted octanol–water partition coefficient (Wildman–Crippen LogP) is 2.00. The number of ether oxygens (including phenoxy) is 1. The molecule has 1 aliphatic rings. The van der Waals surface area contributed by atoms with E-state index in [9.17, 15) is 14.4 Å². The van der Waals surface area contributed by atoms with Gasteiger partial charge in [0.15, 0.2) is 6.10 Å². The number of hydrogen-bond donors (Lipinski definition) is 2. The molecule has 1 aromatic rings. The average molecular weight is 337 g/mol. The van der Waals surface area contributed by atoms with Gasteiger partial charge in [-0.3, -0.25) is 10.1 Å². The fraction of sp³-hybridized carbons (Fsp3) is 0.625. The highest BCUT2D eigenvalue weighted by molar-refractivity contribution is 5.99. The van der Waals surface area contributed by atoms with Crippen LogP contribution in [-0.2, 0) is 9.53 Å². The van der Waals surface area contributed by atoms with Gasteiger partial charge in [0, 0.05) is 6.04 Å². The highest BCUT2D eigenvalue weighted by Gasteiger charge is 2.25. The smallest absolute Gasteiger partial charge is 0.344 e. The first kappa shape index (κ1) is 18.0. The minimum Gasteiger partial charge on any atom is -0.449 e. The van der Waals surface area contributed by atoms with Crippen molar-refractivity contribution in [1.29, 1.82) is 0 Å². The van der Waals surface area contributed by atoms with E-state index >= 15 is 0 Å². The average Bonchev–Trinajstić information content (AvgIpc) is 2.86. The minimum atomic E-state index is -1.11. The van der Waals surface area contributed by atoms with Gasteiger partial charge in [-0.15, -0.1) is 0 Å². The van der Waals surface area contributed by atoms with Crippen molar-refractivity contribution in [2.45, 2.75) is 65.0 Å². The normalized spacial score (nSPS) is 16.3. The standard InChI is InChI=1S/C16H23N3O5/c1-9-13(10(2)24-19-9)15(21)23-11(3)14(20)18-16(22)17-12-7-5-4-6-8-12/h11-12H,4-8H2,1-3H3,(H2,17,18,20,22)/t11-/m0/s1. The number of nitrogens with one attached hydrogen (secondary N) is 2. The first-order valence-corrected chi connectivity index (χ1v) is 8.13. The Labute approximate surface area is 140 Å². The quantitative estimate of drug-likeness (QED) is 0.813. The number of imide groups is 1. The Kier molecular flexibility index (Phi) is 5.94. The number of aromatic nitrogens is 1. The van der Waals surface area contributed by atoms with E-state index in [-0.39, 0.29) is 11.6 Å². The molecule has 2 N–H and O–H groups in total. The van der Waals surface area contributed by atoms with Gasteiger partial charge >= 0.3 is 12.0 Å². The van der Waals surface area contributed by atoms with E-state index in [1.807, 2.05) is 0 Å². The zero-order valence-corrected chi connectivity index (χ0v) is 14.2. The fourth-order valence-electron chi connectivity index (χ4n) is 2.73. The summed E-state index contributed by atoms with van der Waals surface area (Å²) in [6.07, 6.45) is 4.04. The molecule has 1 heterocycles. The molecule has 1 atom stereocenters. The first-order chi connectivity index (χ1) is 11.4. The van der Waals surface area contributed by atoms with Crippen molar-refractivity contribution in [3.63, 3.8) is 0 Å². The van der Waals surface area contributed by atoms with Gasteiger partial charge in [0.2, 0.25) is 0 Å². The third-order valence-electron chi connectivity index (χ3n) is 4.07. The number of carbonyl (C=O) groups excluding carboxylic acids is 3. The molecule has 0 bridgehead atoms. The molecule has 3 amide bonds. The molecule has 2 rings (SSSR count). The van der Waals surface area contributed by atoms with E-state index in [4.69, 9.17) is 9.26 Å². The maximum Gasteiger partial charge on any atom is 0.344 e. The Morgan fingerprint density at radius 2 is 1.88 bits per heavy atom. The molecular formula is C16H23N3O5. The lowest BCUT2D eigenvalue weighted by atomic mass is 9.96. The number of hydrogen-bond acceptors (Lipinski definition) is 6. The largest absolute Gasteiger partial charge is 0.449 e. The molecule has 8 heteroatoms. The van der Waals surface area contributed by atoms with E-state index < -0.39 is 24.0 Å². The molecule has 8 nitrogen and oxygen atoms in total. The van der Waals surface area contributed by atoms with Crippen LogP contribution in [0.3, 0.4) is 0 Å². The second kappa shape index (κ2) is 7.94. The van der Waals surface area contributed by atoms with Crippen molar-refractivity contribution in [3.05, 3.63) is 17.0 Å². The number of urea groups is 1. The maximum atomic E-state index is 12.1. The summed E-state index contributed by atoms with van der Waals surface area (Å²) in [7, 11) is 0. The van der Waals surface area contributed by atoms with Crippen LogP contribution < -0.4 is 10.6 Å². The van der Waals surface area contributed by atoms with E-state index in [0.717, 1.165) is 25.7 Å².